The van der Waals surface area contributed by atoms with Gasteiger partial charge in [0.2, 0.25) is 10.0 Å². The van der Waals surface area contributed by atoms with Crippen LogP contribution < -0.4 is 15.8 Å². The van der Waals surface area contributed by atoms with Crippen molar-refractivity contribution in [1.29, 1.82) is 5.26 Å². The maximum Gasteiger partial charge on any atom is 0.238 e. The summed E-state index contributed by atoms with van der Waals surface area (Å²) in [4.78, 5) is 3.08. The molecule has 0 spiro atoms. The van der Waals surface area contributed by atoms with Gasteiger partial charge in [-0.3, -0.25) is 0 Å². The van der Waals surface area contributed by atoms with Gasteiger partial charge in [-0.15, -0.1) is 11.3 Å². The summed E-state index contributed by atoms with van der Waals surface area (Å²) in [5.41, 5.74) is 10.1. The Morgan fingerprint density at radius 1 is 1.14 bits per heavy atom. The highest BCUT2D eigenvalue weighted by molar-refractivity contribution is 7.89. The smallest absolute Gasteiger partial charge is 0.238 e. The molecule has 4 rings (SSSR count). The van der Waals surface area contributed by atoms with Gasteiger partial charge in [0.1, 0.15) is 5.82 Å². The van der Waals surface area contributed by atoms with E-state index < -0.39 is 10.0 Å². The van der Waals surface area contributed by atoms with E-state index in [0.29, 0.717) is 11.4 Å². The maximum atomic E-state index is 11.6. The van der Waals surface area contributed by atoms with Crippen molar-refractivity contribution in [2.75, 3.05) is 4.90 Å². The van der Waals surface area contributed by atoms with Gasteiger partial charge in [-0.05, 0) is 67.0 Å². The Balaban J connectivity index is 1.87. The van der Waals surface area contributed by atoms with Crippen LogP contribution in [0.3, 0.4) is 0 Å². The second-order valence-corrected chi connectivity index (χ2v) is 9.45. The fourth-order valence-corrected chi connectivity index (χ4v) is 5.42. The predicted molar refractivity (Wildman–Crippen MR) is 110 cm³/mol. The van der Waals surface area contributed by atoms with Crippen LogP contribution in [0.5, 0.6) is 0 Å². The van der Waals surface area contributed by atoms with Gasteiger partial charge >= 0.3 is 0 Å². The summed E-state index contributed by atoms with van der Waals surface area (Å²) in [5.74, 6) is 0.310. The van der Waals surface area contributed by atoms with Gasteiger partial charge < -0.3 is 10.6 Å². The summed E-state index contributed by atoms with van der Waals surface area (Å²) in [6.45, 7) is 0. The fourth-order valence-electron chi connectivity index (χ4n) is 4.04. The van der Waals surface area contributed by atoms with E-state index in [1.54, 1.807) is 23.5 Å². The topological polar surface area (TPSA) is 113 Å². The quantitative estimate of drug-likeness (QED) is 0.801. The molecule has 1 atom stereocenters. The van der Waals surface area contributed by atoms with Crippen LogP contribution in [0.2, 0.25) is 0 Å². The highest BCUT2D eigenvalue weighted by Crippen LogP contribution is 2.48. The summed E-state index contributed by atoms with van der Waals surface area (Å²) in [6.07, 6.45) is 3.92. The molecule has 144 valence electrons. The molecule has 6 nitrogen and oxygen atoms in total. The van der Waals surface area contributed by atoms with Gasteiger partial charge in [-0.2, -0.15) is 5.26 Å². The highest BCUT2D eigenvalue weighted by atomic mass is 32.2. The number of primary sulfonamides is 1. The number of allylic oxidation sites excluding steroid dienone is 3. The van der Waals surface area contributed by atoms with E-state index in [-0.39, 0.29) is 10.8 Å². The number of nitrogens with zero attached hydrogens (tertiary/aromatic N) is 2. The molecule has 1 aromatic heterocycles. The summed E-state index contributed by atoms with van der Waals surface area (Å²) in [6, 6.07) is 12.7. The zero-order valence-corrected chi connectivity index (χ0v) is 16.8. The second kappa shape index (κ2) is 7.09. The number of nitrogens with two attached hydrogens (primary N) is 2. The summed E-state index contributed by atoms with van der Waals surface area (Å²) >= 11 is 1.63. The minimum Gasteiger partial charge on any atom is -0.384 e. The molecule has 0 saturated heterocycles. The first kappa shape index (κ1) is 18.7. The molecule has 2 aromatic rings. The molecule has 2 aliphatic rings. The summed E-state index contributed by atoms with van der Waals surface area (Å²) < 4.78 is 23.1. The average Bonchev–Trinajstić information content (AvgIpc) is 3.21. The van der Waals surface area contributed by atoms with Gasteiger partial charge in [0.15, 0.2) is 0 Å². The minimum atomic E-state index is -3.77. The first-order chi connectivity index (χ1) is 13.4. The van der Waals surface area contributed by atoms with Gasteiger partial charge in [-0.25, -0.2) is 13.6 Å². The molecule has 2 heterocycles. The molecular weight excluding hydrogens is 392 g/mol. The fraction of sp³-hybridized carbons (Fsp3) is 0.250. The Bertz CT molecular complexity index is 1110. The van der Waals surface area contributed by atoms with E-state index in [1.807, 2.05) is 16.3 Å². The molecule has 28 heavy (non-hydrogen) atoms. The number of anilines is 1. The SMILES string of the molecule is N#CC1=C(N)N(c2ccc(S(N)(=O)=O)cc2)C2=C(CCCC2)C1c1cccs1. The van der Waals surface area contributed by atoms with Crippen LogP contribution in [0.25, 0.3) is 0 Å². The van der Waals surface area contributed by atoms with Crippen molar-refractivity contribution in [1.82, 2.24) is 0 Å². The third-order valence-electron chi connectivity index (χ3n) is 5.28. The number of benzene rings is 1. The van der Waals surface area contributed by atoms with E-state index >= 15 is 0 Å². The summed E-state index contributed by atoms with van der Waals surface area (Å²) in [7, 11) is -3.77. The number of hydrogen-bond donors (Lipinski definition) is 2. The predicted octanol–water partition coefficient (Wildman–Crippen LogP) is 3.52. The third kappa shape index (κ3) is 3.11. The average molecular weight is 413 g/mol. The molecule has 0 bridgehead atoms. The number of thiophene rings is 1. The van der Waals surface area contributed by atoms with Gasteiger partial charge in [0.25, 0.3) is 0 Å². The van der Waals surface area contributed by atoms with Crippen molar-refractivity contribution in [3.8, 4) is 6.07 Å². The maximum absolute atomic E-state index is 11.6. The van der Waals surface area contributed by atoms with Crippen LogP contribution in [0, 0.1) is 11.3 Å². The summed E-state index contributed by atoms with van der Waals surface area (Å²) in [5, 5.41) is 17.1. The largest absolute Gasteiger partial charge is 0.384 e. The Hall–Kier alpha value is -2.60. The van der Waals surface area contributed by atoms with Gasteiger partial charge in [0, 0.05) is 16.3 Å². The first-order valence-electron chi connectivity index (χ1n) is 9.00. The number of hydrogen-bond acceptors (Lipinski definition) is 6. The number of sulfonamides is 1. The lowest BCUT2D eigenvalue weighted by molar-refractivity contribution is 0.597. The van der Waals surface area contributed by atoms with Crippen LogP contribution in [0.4, 0.5) is 5.69 Å². The second-order valence-electron chi connectivity index (χ2n) is 6.91. The zero-order chi connectivity index (χ0) is 19.9. The Morgan fingerprint density at radius 2 is 1.86 bits per heavy atom. The molecule has 0 amide bonds. The molecule has 4 N–H and O–H groups in total. The third-order valence-corrected chi connectivity index (χ3v) is 7.14. The Labute approximate surface area is 168 Å². The normalized spacial score (nSPS) is 20.1. The van der Waals surface area contributed by atoms with Crippen molar-refractivity contribution in [3.05, 3.63) is 69.3 Å². The lowest BCUT2D eigenvalue weighted by atomic mass is 9.79. The Morgan fingerprint density at radius 3 is 2.46 bits per heavy atom. The molecule has 1 unspecified atom stereocenters. The van der Waals surface area contributed by atoms with Gasteiger partial charge in [-0.1, -0.05) is 6.07 Å². The van der Waals surface area contributed by atoms with Gasteiger partial charge in [0.05, 0.1) is 22.5 Å². The zero-order valence-electron chi connectivity index (χ0n) is 15.1. The van der Waals surface area contributed by atoms with E-state index in [1.165, 1.54) is 17.7 Å². The van der Waals surface area contributed by atoms with E-state index in [9.17, 15) is 13.7 Å². The standard InChI is InChI=1S/C20H20N4O2S2/c21-12-16-19(18-6-3-11-27-18)15-4-1-2-5-17(15)24(20(16)22)13-7-9-14(10-8-13)28(23,25)26/h3,6-11,19H,1-2,4-5,22H2,(H2,23,25,26). The molecule has 0 radical (unpaired) electrons. The van der Waals surface area contributed by atoms with Crippen LogP contribution in [0.15, 0.2) is 69.3 Å². The van der Waals surface area contributed by atoms with E-state index in [4.69, 9.17) is 10.9 Å². The Kier molecular flexibility index (Phi) is 4.75. The van der Waals surface area contributed by atoms with Crippen molar-refractivity contribution in [3.63, 3.8) is 0 Å². The van der Waals surface area contributed by atoms with Crippen molar-refractivity contribution in [2.24, 2.45) is 10.9 Å². The van der Waals surface area contributed by atoms with Crippen LogP contribution in [-0.2, 0) is 10.0 Å². The molecule has 0 fully saturated rings. The van der Waals surface area contributed by atoms with E-state index in [2.05, 4.69) is 12.1 Å². The van der Waals surface area contributed by atoms with Crippen LogP contribution >= 0.6 is 11.3 Å². The molecule has 1 aromatic carbocycles. The van der Waals surface area contributed by atoms with Crippen LogP contribution in [-0.4, -0.2) is 8.42 Å². The van der Waals surface area contributed by atoms with Crippen molar-refractivity contribution in [2.45, 2.75) is 36.5 Å². The molecule has 1 aliphatic carbocycles. The lowest BCUT2D eigenvalue weighted by Gasteiger charge is -2.40. The van der Waals surface area contributed by atoms with Crippen LogP contribution in [0.1, 0.15) is 36.5 Å². The number of nitriles is 1. The monoisotopic (exact) mass is 412 g/mol. The molecular formula is C20H20N4O2S2. The molecule has 8 heteroatoms. The lowest BCUT2D eigenvalue weighted by Crippen LogP contribution is -2.36. The number of rotatable bonds is 3. The highest BCUT2D eigenvalue weighted by Gasteiger charge is 2.37. The first-order valence-corrected chi connectivity index (χ1v) is 11.4. The molecule has 1 aliphatic heterocycles. The molecule has 0 saturated carbocycles. The minimum absolute atomic E-state index is 0.0469. The van der Waals surface area contributed by atoms with E-state index in [0.717, 1.165) is 41.9 Å². The van der Waals surface area contributed by atoms with Crippen molar-refractivity contribution < 1.29 is 8.42 Å². The van der Waals surface area contributed by atoms with Crippen molar-refractivity contribution >= 4 is 27.0 Å².